The molecule has 17 heavy (non-hydrogen) atoms. The van der Waals surface area contributed by atoms with Crippen molar-refractivity contribution in [3.8, 4) is 0 Å². The molecule has 2 rings (SSSR count). The number of piperidine rings is 1. The molecule has 94 valence electrons. The molecule has 0 atom stereocenters. The quantitative estimate of drug-likeness (QED) is 0.693. The minimum absolute atomic E-state index is 0.0141. The highest BCUT2D eigenvalue weighted by Gasteiger charge is 2.21. The van der Waals surface area contributed by atoms with Crippen LogP contribution in [0.5, 0.6) is 0 Å². The zero-order chi connectivity index (χ0) is 12.5. The molecule has 1 amide bonds. The van der Waals surface area contributed by atoms with Gasteiger partial charge in [0.2, 0.25) is 0 Å². The molecule has 1 aliphatic rings. The number of carbonyl (C=O) groups is 1. The van der Waals surface area contributed by atoms with E-state index in [0.29, 0.717) is 0 Å². The number of likely N-dealkylation sites (tertiary alicyclic amines) is 1. The summed E-state index contributed by atoms with van der Waals surface area (Å²) in [6.45, 7) is 8.10. The number of hydrogen-bond acceptors (Lipinski definition) is 2. The predicted octanol–water partition coefficient (Wildman–Crippen LogP) is 2.63. The summed E-state index contributed by atoms with van der Waals surface area (Å²) in [5.41, 5.74) is 1.14. The van der Waals surface area contributed by atoms with Crippen molar-refractivity contribution in [2.24, 2.45) is 0 Å². The molecule has 1 aromatic heterocycles. The largest absolute Gasteiger partial charge is 0.344 e. The van der Waals surface area contributed by atoms with Crippen LogP contribution < -0.4 is 0 Å². The third-order valence-electron chi connectivity index (χ3n) is 3.27. The van der Waals surface area contributed by atoms with E-state index in [4.69, 9.17) is 0 Å². The molecular weight excluding hydrogens is 214 g/mol. The lowest BCUT2D eigenvalue weighted by atomic mass is 9.90. The molecule has 1 aliphatic heterocycles. The zero-order valence-electron chi connectivity index (χ0n) is 10.9. The van der Waals surface area contributed by atoms with Gasteiger partial charge in [-0.3, -0.25) is 0 Å². The van der Waals surface area contributed by atoms with Gasteiger partial charge >= 0.3 is 6.03 Å². The predicted molar refractivity (Wildman–Crippen MR) is 67.1 cm³/mol. The maximum Gasteiger partial charge on any atom is 0.344 e. The summed E-state index contributed by atoms with van der Waals surface area (Å²) in [5.74, 6) is 0. The number of hydrogen-bond donors (Lipinski definition) is 0. The Morgan fingerprint density at radius 1 is 1.24 bits per heavy atom. The summed E-state index contributed by atoms with van der Waals surface area (Å²) in [6, 6.07) is 0.0141. The molecule has 4 nitrogen and oxygen atoms in total. The molecule has 1 fully saturated rings. The first kappa shape index (κ1) is 12.1. The van der Waals surface area contributed by atoms with Crippen molar-refractivity contribution >= 4 is 6.03 Å². The lowest BCUT2D eigenvalue weighted by molar-refractivity contribution is 0.185. The molecule has 0 unspecified atom stereocenters. The fourth-order valence-corrected chi connectivity index (χ4v) is 2.04. The minimum atomic E-state index is 0.0141. The number of rotatable bonds is 0. The third-order valence-corrected chi connectivity index (χ3v) is 3.27. The highest BCUT2D eigenvalue weighted by atomic mass is 16.2. The molecule has 0 radical (unpaired) electrons. The van der Waals surface area contributed by atoms with E-state index in [-0.39, 0.29) is 11.4 Å². The van der Waals surface area contributed by atoms with Crippen LogP contribution in [0.15, 0.2) is 12.4 Å². The Bertz CT molecular complexity index is 397. The lowest BCUT2D eigenvalue weighted by Crippen LogP contribution is -2.38. The van der Waals surface area contributed by atoms with Gasteiger partial charge < -0.3 is 4.90 Å². The fraction of sp³-hybridized carbons (Fsp3) is 0.692. The van der Waals surface area contributed by atoms with Gasteiger partial charge in [-0.1, -0.05) is 20.8 Å². The number of carbonyl (C=O) groups excluding carboxylic acids is 1. The van der Waals surface area contributed by atoms with Gasteiger partial charge in [-0.05, 0) is 30.2 Å². The number of amides is 1. The van der Waals surface area contributed by atoms with E-state index in [9.17, 15) is 4.79 Å². The Kier molecular flexibility index (Phi) is 3.22. The maximum absolute atomic E-state index is 12.2. The number of nitrogens with zero attached hydrogens (tertiary/aromatic N) is 3. The van der Waals surface area contributed by atoms with Gasteiger partial charge in [-0.15, -0.1) is 0 Å². The summed E-state index contributed by atoms with van der Waals surface area (Å²) >= 11 is 0. The van der Waals surface area contributed by atoms with E-state index in [1.54, 1.807) is 6.20 Å². The first-order valence-electron chi connectivity index (χ1n) is 6.33. The van der Waals surface area contributed by atoms with Crippen LogP contribution >= 0.6 is 0 Å². The van der Waals surface area contributed by atoms with Gasteiger partial charge in [0, 0.05) is 19.3 Å². The average Bonchev–Trinajstić information content (AvgIpc) is 2.78. The van der Waals surface area contributed by atoms with Crippen LogP contribution in [0.4, 0.5) is 4.79 Å². The van der Waals surface area contributed by atoms with E-state index < -0.39 is 0 Å². The summed E-state index contributed by atoms with van der Waals surface area (Å²) in [5, 5.41) is 4.18. The second-order valence-corrected chi connectivity index (χ2v) is 5.75. The standard InChI is InChI=1S/C13H21N3O/c1-13(2,3)11-9-14-16(10-11)12(17)15-7-5-4-6-8-15/h9-10H,4-8H2,1-3H3. The monoisotopic (exact) mass is 235 g/mol. The molecule has 0 aromatic carbocycles. The van der Waals surface area contributed by atoms with Crippen molar-refractivity contribution in [1.29, 1.82) is 0 Å². The number of aromatic nitrogens is 2. The van der Waals surface area contributed by atoms with Gasteiger partial charge in [0.1, 0.15) is 0 Å². The first-order valence-corrected chi connectivity index (χ1v) is 6.33. The molecule has 0 aliphatic carbocycles. The fourth-order valence-electron chi connectivity index (χ4n) is 2.04. The van der Waals surface area contributed by atoms with E-state index in [1.807, 2.05) is 11.1 Å². The van der Waals surface area contributed by atoms with Crippen LogP contribution in [-0.4, -0.2) is 33.8 Å². The van der Waals surface area contributed by atoms with E-state index in [1.165, 1.54) is 11.1 Å². The first-order chi connectivity index (χ1) is 7.98. The van der Waals surface area contributed by atoms with Crippen LogP contribution in [0.2, 0.25) is 0 Å². The molecule has 4 heteroatoms. The Morgan fingerprint density at radius 2 is 1.88 bits per heavy atom. The molecule has 0 N–H and O–H groups in total. The Balaban J connectivity index is 2.11. The summed E-state index contributed by atoms with van der Waals surface area (Å²) in [7, 11) is 0. The Labute approximate surface area is 103 Å². The van der Waals surface area contributed by atoms with Gasteiger partial charge in [0.05, 0.1) is 6.20 Å². The molecular formula is C13H21N3O. The smallest absolute Gasteiger partial charge is 0.323 e. The van der Waals surface area contributed by atoms with E-state index in [0.717, 1.165) is 31.5 Å². The molecule has 0 bridgehead atoms. The molecule has 1 aromatic rings. The zero-order valence-corrected chi connectivity index (χ0v) is 10.9. The van der Waals surface area contributed by atoms with Gasteiger partial charge in [0.15, 0.2) is 0 Å². The van der Waals surface area contributed by atoms with Gasteiger partial charge in [-0.2, -0.15) is 9.78 Å². The van der Waals surface area contributed by atoms with Crippen molar-refractivity contribution in [2.45, 2.75) is 45.4 Å². The van der Waals surface area contributed by atoms with Gasteiger partial charge in [-0.25, -0.2) is 4.79 Å². The topological polar surface area (TPSA) is 38.1 Å². The van der Waals surface area contributed by atoms with E-state index >= 15 is 0 Å². The van der Waals surface area contributed by atoms with Crippen molar-refractivity contribution < 1.29 is 4.79 Å². The van der Waals surface area contributed by atoms with Gasteiger partial charge in [0.25, 0.3) is 0 Å². The highest BCUT2D eigenvalue weighted by Crippen LogP contribution is 2.21. The highest BCUT2D eigenvalue weighted by molar-refractivity contribution is 5.76. The Hall–Kier alpha value is -1.32. The van der Waals surface area contributed by atoms with Crippen molar-refractivity contribution in [3.05, 3.63) is 18.0 Å². The van der Waals surface area contributed by atoms with Crippen LogP contribution in [-0.2, 0) is 5.41 Å². The van der Waals surface area contributed by atoms with Crippen molar-refractivity contribution in [3.63, 3.8) is 0 Å². The van der Waals surface area contributed by atoms with Crippen LogP contribution in [0.3, 0.4) is 0 Å². The van der Waals surface area contributed by atoms with Crippen molar-refractivity contribution in [2.75, 3.05) is 13.1 Å². The molecule has 2 heterocycles. The normalized spacial score (nSPS) is 17.2. The summed E-state index contributed by atoms with van der Waals surface area (Å²) in [6.07, 6.45) is 7.10. The Morgan fingerprint density at radius 3 is 2.41 bits per heavy atom. The van der Waals surface area contributed by atoms with Crippen LogP contribution in [0.25, 0.3) is 0 Å². The third kappa shape index (κ3) is 2.68. The molecule has 0 saturated carbocycles. The van der Waals surface area contributed by atoms with E-state index in [2.05, 4.69) is 25.9 Å². The lowest BCUT2D eigenvalue weighted by Gasteiger charge is -2.26. The van der Waals surface area contributed by atoms with Crippen LogP contribution in [0.1, 0.15) is 45.6 Å². The summed E-state index contributed by atoms with van der Waals surface area (Å²) < 4.78 is 1.48. The molecule has 1 saturated heterocycles. The molecule has 0 spiro atoms. The SMILES string of the molecule is CC(C)(C)c1cnn(C(=O)N2CCCCC2)c1. The average molecular weight is 235 g/mol. The second-order valence-electron chi connectivity index (χ2n) is 5.75. The maximum atomic E-state index is 12.2. The minimum Gasteiger partial charge on any atom is -0.323 e. The second kappa shape index (κ2) is 4.51. The summed E-state index contributed by atoms with van der Waals surface area (Å²) in [4.78, 5) is 14.1. The van der Waals surface area contributed by atoms with Crippen molar-refractivity contribution in [1.82, 2.24) is 14.7 Å². The van der Waals surface area contributed by atoms with Crippen LogP contribution in [0, 0.1) is 0 Å².